The molecule has 3 rings (SSSR count). The number of aromatic nitrogens is 3. The second kappa shape index (κ2) is 10.4. The Morgan fingerprint density at radius 3 is 2.65 bits per heavy atom. The van der Waals surface area contributed by atoms with Gasteiger partial charge in [-0.15, -0.1) is 0 Å². The van der Waals surface area contributed by atoms with Crippen molar-refractivity contribution >= 4 is 22.6 Å². The maximum absolute atomic E-state index is 13.2. The number of pyridine rings is 2. The molecule has 0 spiro atoms. The number of carbonyl (C=O) groups is 1. The van der Waals surface area contributed by atoms with E-state index in [-0.39, 0.29) is 22.5 Å². The highest BCUT2D eigenvalue weighted by Gasteiger charge is 2.17. The van der Waals surface area contributed by atoms with Gasteiger partial charge in [-0.2, -0.15) is 0 Å². The number of aryl methyl sites for hydroxylation is 1. The number of amides is 1. The highest BCUT2D eigenvalue weighted by molar-refractivity contribution is 5.96. The minimum absolute atomic E-state index is 0.106. The topological polar surface area (TPSA) is 92.2 Å². The highest BCUT2D eigenvalue weighted by Crippen LogP contribution is 2.12. The van der Waals surface area contributed by atoms with Gasteiger partial charge in [-0.1, -0.05) is 58.9 Å². The summed E-state index contributed by atoms with van der Waals surface area (Å²) in [6.45, 7) is 7.30. The van der Waals surface area contributed by atoms with E-state index in [2.05, 4.69) is 17.2 Å². The monoisotopic (exact) mass is 423 g/mol. The van der Waals surface area contributed by atoms with Crippen LogP contribution >= 0.6 is 0 Å². The first-order valence-electron chi connectivity index (χ1n) is 11.3. The van der Waals surface area contributed by atoms with Gasteiger partial charge >= 0.3 is 0 Å². The quantitative estimate of drug-likeness (QED) is 0.383. The van der Waals surface area contributed by atoms with Crippen LogP contribution in [0, 0.1) is 11.3 Å². The van der Waals surface area contributed by atoms with E-state index in [4.69, 9.17) is 5.41 Å². The molecule has 31 heavy (non-hydrogen) atoms. The van der Waals surface area contributed by atoms with Crippen molar-refractivity contribution in [3.63, 3.8) is 0 Å². The number of nitrogens with one attached hydrogen (secondary N) is 2. The molecule has 0 saturated heterocycles. The molecule has 2 N–H and O–H groups in total. The van der Waals surface area contributed by atoms with Gasteiger partial charge in [0.1, 0.15) is 16.8 Å². The molecule has 0 atom stereocenters. The van der Waals surface area contributed by atoms with Crippen LogP contribution in [-0.2, 0) is 6.54 Å². The molecule has 0 aliphatic rings. The van der Waals surface area contributed by atoms with Crippen molar-refractivity contribution < 1.29 is 4.79 Å². The second-order valence-corrected chi connectivity index (χ2v) is 8.51. The minimum Gasteiger partial charge on any atom is -0.352 e. The van der Waals surface area contributed by atoms with Crippen molar-refractivity contribution in [2.45, 2.75) is 65.8 Å². The number of unbranched alkanes of at least 4 members (excludes halogenated alkanes) is 5. The molecule has 0 fully saturated rings. The van der Waals surface area contributed by atoms with Crippen molar-refractivity contribution in [2.24, 2.45) is 5.92 Å². The van der Waals surface area contributed by atoms with Crippen molar-refractivity contribution in [3.8, 4) is 0 Å². The lowest BCUT2D eigenvalue weighted by molar-refractivity contribution is 0.0946. The summed E-state index contributed by atoms with van der Waals surface area (Å²) in [6.07, 6.45) is 8.38. The van der Waals surface area contributed by atoms with E-state index in [1.54, 1.807) is 22.9 Å². The van der Waals surface area contributed by atoms with Crippen LogP contribution in [0.3, 0.4) is 0 Å². The smallest absolute Gasteiger partial charge is 0.267 e. The molecule has 3 heterocycles. The Kier molecular flexibility index (Phi) is 7.60. The van der Waals surface area contributed by atoms with Gasteiger partial charge in [0, 0.05) is 19.3 Å². The number of carbonyl (C=O) groups excluding carboxylic acids is 1. The van der Waals surface area contributed by atoms with Gasteiger partial charge in [-0.25, -0.2) is 4.98 Å². The third kappa shape index (κ3) is 5.21. The zero-order chi connectivity index (χ0) is 22.4. The average Bonchev–Trinajstić information content (AvgIpc) is 2.76. The third-order valence-electron chi connectivity index (χ3n) is 5.47. The van der Waals surface area contributed by atoms with Crippen molar-refractivity contribution in [1.29, 1.82) is 5.41 Å². The van der Waals surface area contributed by atoms with Gasteiger partial charge < -0.3 is 9.88 Å². The number of rotatable bonds is 10. The Bertz CT molecular complexity index is 1180. The molecule has 1 amide bonds. The maximum atomic E-state index is 13.2. The van der Waals surface area contributed by atoms with Crippen molar-refractivity contribution in [1.82, 2.24) is 19.3 Å². The normalized spacial score (nSPS) is 11.5. The van der Waals surface area contributed by atoms with E-state index in [0.717, 1.165) is 19.3 Å². The fourth-order valence-corrected chi connectivity index (χ4v) is 3.72. The summed E-state index contributed by atoms with van der Waals surface area (Å²) in [4.78, 5) is 30.6. The van der Waals surface area contributed by atoms with Gasteiger partial charge in [-0.3, -0.25) is 19.4 Å². The Morgan fingerprint density at radius 1 is 1.16 bits per heavy atom. The van der Waals surface area contributed by atoms with E-state index in [9.17, 15) is 9.59 Å². The molecule has 0 radical (unpaired) electrons. The molecule has 0 saturated carbocycles. The molecule has 7 heteroatoms. The van der Waals surface area contributed by atoms with Crippen molar-refractivity contribution in [2.75, 3.05) is 6.54 Å². The third-order valence-corrected chi connectivity index (χ3v) is 5.47. The lowest BCUT2D eigenvalue weighted by Crippen LogP contribution is -2.36. The van der Waals surface area contributed by atoms with E-state index in [0.29, 0.717) is 35.7 Å². The molecule has 0 aliphatic carbocycles. The van der Waals surface area contributed by atoms with Gasteiger partial charge in [0.15, 0.2) is 0 Å². The molecular weight excluding hydrogens is 390 g/mol. The van der Waals surface area contributed by atoms with Gasteiger partial charge in [0.05, 0.1) is 10.9 Å². The summed E-state index contributed by atoms with van der Waals surface area (Å²) in [6, 6.07) is 6.92. The molecule has 3 aromatic heterocycles. The molecule has 166 valence electrons. The summed E-state index contributed by atoms with van der Waals surface area (Å²) in [7, 11) is 0. The molecule has 3 aromatic rings. The lowest BCUT2D eigenvalue weighted by atomic mass is 10.1. The van der Waals surface area contributed by atoms with Crippen LogP contribution in [0.4, 0.5) is 0 Å². The van der Waals surface area contributed by atoms with Crippen LogP contribution in [0.25, 0.3) is 16.7 Å². The first-order chi connectivity index (χ1) is 14.9. The number of hydrogen-bond donors (Lipinski definition) is 2. The van der Waals surface area contributed by atoms with Gasteiger partial charge in [0.25, 0.3) is 11.5 Å². The summed E-state index contributed by atoms with van der Waals surface area (Å²) >= 11 is 0. The summed E-state index contributed by atoms with van der Waals surface area (Å²) in [5.74, 6) is -0.0278. The van der Waals surface area contributed by atoms with Gasteiger partial charge in [-0.05, 0) is 30.5 Å². The van der Waals surface area contributed by atoms with E-state index < -0.39 is 0 Å². The van der Waals surface area contributed by atoms with Crippen LogP contribution in [0.5, 0.6) is 0 Å². The Morgan fingerprint density at radius 2 is 1.90 bits per heavy atom. The molecule has 0 bridgehead atoms. The molecule has 7 nitrogen and oxygen atoms in total. The first-order valence-corrected chi connectivity index (χ1v) is 11.3. The second-order valence-electron chi connectivity index (χ2n) is 8.51. The Balaban J connectivity index is 2.06. The Hall–Kier alpha value is -2.96. The predicted octanol–water partition coefficient (Wildman–Crippen LogP) is 3.87. The number of fused-ring (bicyclic) bond motifs is 2. The van der Waals surface area contributed by atoms with Crippen LogP contribution in [0.1, 0.15) is 69.7 Å². The maximum Gasteiger partial charge on any atom is 0.267 e. The SMILES string of the molecule is CCCCCCCCn1c(=N)c(C(=O)NCC(C)C)cc2c(=O)n3ccccc3nc21. The molecule has 0 unspecified atom stereocenters. The highest BCUT2D eigenvalue weighted by atomic mass is 16.1. The summed E-state index contributed by atoms with van der Waals surface area (Å²) < 4.78 is 3.21. The molecule has 0 aliphatic heterocycles. The van der Waals surface area contributed by atoms with Crippen LogP contribution < -0.4 is 16.4 Å². The summed E-state index contributed by atoms with van der Waals surface area (Å²) in [5, 5.41) is 12.0. The standard InChI is InChI=1S/C24H33N5O2/c1-4-5-6-7-8-10-14-29-21(25)18(23(30)26-16-17(2)3)15-19-22(29)27-20-12-9-11-13-28(20)24(19)31/h9,11-13,15,17,25H,4-8,10,14,16H2,1-3H3,(H,26,30). The number of hydrogen-bond acceptors (Lipinski definition) is 4. The zero-order valence-corrected chi connectivity index (χ0v) is 18.8. The van der Waals surface area contributed by atoms with Crippen LogP contribution in [0.15, 0.2) is 35.3 Å². The van der Waals surface area contributed by atoms with Crippen molar-refractivity contribution in [3.05, 3.63) is 51.9 Å². The lowest BCUT2D eigenvalue weighted by Gasteiger charge is -2.15. The van der Waals surface area contributed by atoms with Gasteiger partial charge in [0.2, 0.25) is 0 Å². The fraction of sp³-hybridized carbons (Fsp3) is 0.500. The summed E-state index contributed by atoms with van der Waals surface area (Å²) in [5.41, 5.74) is 1.10. The number of nitrogens with zero attached hydrogens (tertiary/aromatic N) is 3. The largest absolute Gasteiger partial charge is 0.352 e. The predicted molar refractivity (Wildman–Crippen MR) is 123 cm³/mol. The minimum atomic E-state index is -0.324. The Labute approximate surface area is 182 Å². The fourth-order valence-electron chi connectivity index (χ4n) is 3.72. The van der Waals surface area contributed by atoms with Crippen LogP contribution in [-0.4, -0.2) is 26.4 Å². The first kappa shape index (κ1) is 22.7. The van der Waals surface area contributed by atoms with Crippen LogP contribution in [0.2, 0.25) is 0 Å². The van der Waals surface area contributed by atoms with E-state index in [1.165, 1.54) is 29.7 Å². The molecule has 0 aromatic carbocycles. The van der Waals surface area contributed by atoms with E-state index >= 15 is 0 Å². The zero-order valence-electron chi connectivity index (χ0n) is 18.8. The average molecular weight is 424 g/mol. The van der Waals surface area contributed by atoms with E-state index in [1.807, 2.05) is 19.9 Å². The molecular formula is C24H33N5O2.